The van der Waals surface area contributed by atoms with Crippen LogP contribution < -0.4 is 5.32 Å². The van der Waals surface area contributed by atoms with Crippen molar-refractivity contribution in [2.45, 2.75) is 19.4 Å². The molecule has 2 heterocycles. The maximum Gasteiger partial charge on any atom is 0.224 e. The molecule has 0 spiro atoms. The molecule has 0 aliphatic carbocycles. The number of nitrogens with one attached hydrogen (secondary N) is 1. The summed E-state index contributed by atoms with van der Waals surface area (Å²) in [6.45, 7) is 1.94. The van der Waals surface area contributed by atoms with E-state index in [0.29, 0.717) is 6.42 Å². The number of aromatic nitrogens is 3. The number of hydrogen-bond acceptors (Lipinski definition) is 3. The Hall–Kier alpha value is -2.17. The Kier molecular flexibility index (Phi) is 3.72. The molecule has 2 aromatic heterocycles. The molecule has 0 aliphatic heterocycles. The lowest BCUT2D eigenvalue weighted by atomic mass is 10.1. The van der Waals surface area contributed by atoms with Crippen LogP contribution in [0.5, 0.6) is 0 Å². The van der Waals surface area contributed by atoms with Crippen LogP contribution in [-0.2, 0) is 18.3 Å². The van der Waals surface area contributed by atoms with E-state index in [9.17, 15) is 4.79 Å². The molecule has 0 saturated heterocycles. The Morgan fingerprint density at radius 3 is 2.94 bits per heavy atom. The topological polar surface area (TPSA) is 59.8 Å². The number of carbonyl (C=O) groups excluding carboxylic acids is 1. The molecule has 94 valence electrons. The molecule has 2 aromatic rings. The van der Waals surface area contributed by atoms with Crippen LogP contribution in [-0.4, -0.2) is 20.7 Å². The lowest BCUT2D eigenvalue weighted by molar-refractivity contribution is -0.121. The van der Waals surface area contributed by atoms with Crippen LogP contribution in [0.15, 0.2) is 36.9 Å². The second kappa shape index (κ2) is 5.44. The monoisotopic (exact) mass is 244 g/mol. The minimum absolute atomic E-state index is 0.0145. The lowest BCUT2D eigenvalue weighted by Gasteiger charge is -2.11. The summed E-state index contributed by atoms with van der Waals surface area (Å²) in [5, 5.41) is 7.02. The molecule has 0 fully saturated rings. The van der Waals surface area contributed by atoms with Gasteiger partial charge in [0, 0.05) is 31.2 Å². The van der Waals surface area contributed by atoms with Crippen molar-refractivity contribution in [3.8, 4) is 0 Å². The summed E-state index contributed by atoms with van der Waals surface area (Å²) in [6.07, 6.45) is 7.40. The maximum absolute atomic E-state index is 11.8. The fourth-order valence-electron chi connectivity index (χ4n) is 1.73. The fourth-order valence-corrected chi connectivity index (χ4v) is 1.73. The summed E-state index contributed by atoms with van der Waals surface area (Å²) in [5.74, 6) is -0.0145. The quantitative estimate of drug-likeness (QED) is 0.880. The SMILES string of the molecule is CC(NC(=O)Cc1cccnc1)c1cnn(C)c1. The second-order valence-electron chi connectivity index (χ2n) is 4.27. The number of pyridine rings is 1. The molecular weight excluding hydrogens is 228 g/mol. The average molecular weight is 244 g/mol. The van der Waals surface area contributed by atoms with Gasteiger partial charge < -0.3 is 5.32 Å². The Bertz CT molecular complexity index is 521. The first-order valence-corrected chi connectivity index (χ1v) is 5.82. The van der Waals surface area contributed by atoms with E-state index in [1.807, 2.05) is 32.3 Å². The van der Waals surface area contributed by atoms with Crippen LogP contribution in [0.2, 0.25) is 0 Å². The molecule has 0 aliphatic rings. The van der Waals surface area contributed by atoms with Gasteiger partial charge in [-0.2, -0.15) is 5.10 Å². The number of carbonyl (C=O) groups is 1. The molecule has 0 radical (unpaired) electrons. The Morgan fingerprint density at radius 1 is 1.50 bits per heavy atom. The molecule has 1 N–H and O–H groups in total. The number of amides is 1. The predicted octanol–water partition coefficient (Wildman–Crippen LogP) is 1.24. The van der Waals surface area contributed by atoms with Crippen LogP contribution in [0.4, 0.5) is 0 Å². The van der Waals surface area contributed by atoms with Crippen molar-refractivity contribution in [3.05, 3.63) is 48.0 Å². The van der Waals surface area contributed by atoms with E-state index in [2.05, 4.69) is 15.4 Å². The lowest BCUT2D eigenvalue weighted by Crippen LogP contribution is -2.27. The van der Waals surface area contributed by atoms with Crippen LogP contribution in [0.1, 0.15) is 24.1 Å². The summed E-state index contributed by atoms with van der Waals surface area (Å²) >= 11 is 0. The molecule has 0 aromatic carbocycles. The zero-order chi connectivity index (χ0) is 13.0. The summed E-state index contributed by atoms with van der Waals surface area (Å²) in [6, 6.07) is 3.68. The first-order chi connectivity index (χ1) is 8.65. The van der Waals surface area contributed by atoms with Crippen molar-refractivity contribution in [1.82, 2.24) is 20.1 Å². The highest BCUT2D eigenvalue weighted by Gasteiger charge is 2.11. The third-order valence-corrected chi connectivity index (χ3v) is 2.69. The Morgan fingerprint density at radius 2 is 2.33 bits per heavy atom. The van der Waals surface area contributed by atoms with E-state index >= 15 is 0 Å². The Balaban J connectivity index is 1.92. The second-order valence-corrected chi connectivity index (χ2v) is 4.27. The van der Waals surface area contributed by atoms with Gasteiger partial charge in [0.25, 0.3) is 0 Å². The van der Waals surface area contributed by atoms with Crippen molar-refractivity contribution in [1.29, 1.82) is 0 Å². The third-order valence-electron chi connectivity index (χ3n) is 2.69. The van der Waals surface area contributed by atoms with E-state index < -0.39 is 0 Å². The van der Waals surface area contributed by atoms with Crippen molar-refractivity contribution >= 4 is 5.91 Å². The highest BCUT2D eigenvalue weighted by Crippen LogP contribution is 2.10. The summed E-state index contributed by atoms with van der Waals surface area (Å²) in [7, 11) is 1.85. The standard InChI is InChI=1S/C13H16N4O/c1-10(12-8-15-17(2)9-12)16-13(18)6-11-4-3-5-14-7-11/h3-5,7-10H,6H2,1-2H3,(H,16,18). The smallest absolute Gasteiger partial charge is 0.224 e. The van der Waals surface area contributed by atoms with Gasteiger partial charge in [-0.25, -0.2) is 0 Å². The van der Waals surface area contributed by atoms with E-state index in [-0.39, 0.29) is 11.9 Å². The fraction of sp³-hybridized carbons (Fsp3) is 0.308. The van der Waals surface area contributed by atoms with Gasteiger partial charge in [-0.3, -0.25) is 14.5 Å². The number of rotatable bonds is 4. The van der Waals surface area contributed by atoms with E-state index in [4.69, 9.17) is 0 Å². The Labute approximate surface area is 106 Å². The van der Waals surface area contributed by atoms with Crippen LogP contribution >= 0.6 is 0 Å². The maximum atomic E-state index is 11.8. The zero-order valence-electron chi connectivity index (χ0n) is 10.5. The number of aryl methyl sites for hydroxylation is 1. The van der Waals surface area contributed by atoms with E-state index in [1.165, 1.54) is 0 Å². The van der Waals surface area contributed by atoms with Crippen LogP contribution in [0.25, 0.3) is 0 Å². The molecule has 0 bridgehead atoms. The molecule has 5 heteroatoms. The van der Waals surface area contributed by atoms with Gasteiger partial charge in [0.2, 0.25) is 5.91 Å². The number of hydrogen-bond donors (Lipinski definition) is 1. The van der Waals surface area contributed by atoms with Crippen LogP contribution in [0.3, 0.4) is 0 Å². The van der Waals surface area contributed by atoms with E-state index in [1.54, 1.807) is 23.3 Å². The molecule has 1 atom stereocenters. The minimum Gasteiger partial charge on any atom is -0.349 e. The van der Waals surface area contributed by atoms with Gasteiger partial charge in [0.15, 0.2) is 0 Å². The number of nitrogens with zero attached hydrogens (tertiary/aromatic N) is 3. The molecule has 1 amide bonds. The minimum atomic E-state index is -0.0390. The third kappa shape index (κ3) is 3.16. The van der Waals surface area contributed by atoms with Gasteiger partial charge in [0.05, 0.1) is 18.7 Å². The summed E-state index contributed by atoms with van der Waals surface area (Å²) < 4.78 is 1.72. The summed E-state index contributed by atoms with van der Waals surface area (Å²) in [4.78, 5) is 15.8. The largest absolute Gasteiger partial charge is 0.349 e. The van der Waals surface area contributed by atoms with Crippen LogP contribution in [0, 0.1) is 0 Å². The van der Waals surface area contributed by atoms with Gasteiger partial charge in [-0.15, -0.1) is 0 Å². The van der Waals surface area contributed by atoms with E-state index in [0.717, 1.165) is 11.1 Å². The highest BCUT2D eigenvalue weighted by molar-refractivity contribution is 5.78. The highest BCUT2D eigenvalue weighted by atomic mass is 16.1. The first kappa shape index (κ1) is 12.3. The van der Waals surface area contributed by atoms with Gasteiger partial charge >= 0.3 is 0 Å². The van der Waals surface area contributed by atoms with Crippen molar-refractivity contribution < 1.29 is 4.79 Å². The van der Waals surface area contributed by atoms with Gasteiger partial charge in [-0.05, 0) is 18.6 Å². The van der Waals surface area contributed by atoms with Crippen molar-refractivity contribution in [2.75, 3.05) is 0 Å². The van der Waals surface area contributed by atoms with Gasteiger partial charge in [0.1, 0.15) is 0 Å². The zero-order valence-corrected chi connectivity index (χ0v) is 10.5. The molecular formula is C13H16N4O. The normalized spacial score (nSPS) is 12.1. The predicted molar refractivity (Wildman–Crippen MR) is 67.7 cm³/mol. The molecule has 0 saturated carbocycles. The molecule has 18 heavy (non-hydrogen) atoms. The molecule has 2 rings (SSSR count). The molecule has 1 unspecified atom stereocenters. The van der Waals surface area contributed by atoms with Crippen molar-refractivity contribution in [3.63, 3.8) is 0 Å². The first-order valence-electron chi connectivity index (χ1n) is 5.82. The average Bonchev–Trinajstić information content (AvgIpc) is 2.77. The van der Waals surface area contributed by atoms with Crippen molar-refractivity contribution in [2.24, 2.45) is 7.05 Å². The molecule has 5 nitrogen and oxygen atoms in total. The van der Waals surface area contributed by atoms with Gasteiger partial charge in [-0.1, -0.05) is 6.07 Å². The summed E-state index contributed by atoms with van der Waals surface area (Å²) in [5.41, 5.74) is 1.91.